The van der Waals surface area contributed by atoms with E-state index in [2.05, 4.69) is 22.1 Å². The van der Waals surface area contributed by atoms with Gasteiger partial charge in [0.1, 0.15) is 12.4 Å². The zero-order valence-corrected chi connectivity index (χ0v) is 19.2. The number of anilines is 1. The standard InChI is InChI=1S/C24H26N4O4S/c1-3-13-28-21(16-32-20-11-6-5-7-12-20)26-27-24(28)33-17-22(29)25-19-10-8-9-18(15-19)23(30)31-14-4-2/h3,5-12,15H,1,4,13-14,16-17H2,2H3,(H,25,29). The molecule has 3 rings (SSSR count). The van der Waals surface area contributed by atoms with Gasteiger partial charge in [-0.15, -0.1) is 16.8 Å². The number of hydrogen-bond acceptors (Lipinski definition) is 7. The molecule has 9 heteroatoms. The summed E-state index contributed by atoms with van der Waals surface area (Å²) in [5.41, 5.74) is 0.916. The van der Waals surface area contributed by atoms with Gasteiger partial charge >= 0.3 is 5.97 Å². The molecule has 0 radical (unpaired) electrons. The van der Waals surface area contributed by atoms with Crippen LogP contribution in [-0.2, 0) is 22.7 Å². The second kappa shape index (κ2) is 12.4. The van der Waals surface area contributed by atoms with Crippen LogP contribution in [-0.4, -0.2) is 39.0 Å². The number of benzene rings is 2. The summed E-state index contributed by atoms with van der Waals surface area (Å²) in [7, 11) is 0. The number of nitrogens with zero attached hydrogens (tertiary/aromatic N) is 3. The van der Waals surface area contributed by atoms with Gasteiger partial charge in [-0.25, -0.2) is 4.79 Å². The molecule has 172 valence electrons. The lowest BCUT2D eigenvalue weighted by Gasteiger charge is -2.10. The summed E-state index contributed by atoms with van der Waals surface area (Å²) in [6.45, 7) is 6.81. The van der Waals surface area contributed by atoms with Gasteiger partial charge in [0.05, 0.1) is 17.9 Å². The Kier molecular flexibility index (Phi) is 9.08. The quantitative estimate of drug-likeness (QED) is 0.241. The van der Waals surface area contributed by atoms with Crippen LogP contribution in [0.25, 0.3) is 0 Å². The fourth-order valence-electron chi connectivity index (χ4n) is 2.84. The van der Waals surface area contributed by atoms with E-state index in [-0.39, 0.29) is 18.3 Å². The van der Waals surface area contributed by atoms with Gasteiger partial charge in [0.15, 0.2) is 11.0 Å². The van der Waals surface area contributed by atoms with Gasteiger partial charge in [-0.05, 0) is 36.8 Å². The van der Waals surface area contributed by atoms with Crippen LogP contribution in [0.15, 0.2) is 72.4 Å². The third-order valence-corrected chi connectivity index (χ3v) is 5.33. The molecule has 0 aliphatic rings. The van der Waals surface area contributed by atoms with E-state index in [4.69, 9.17) is 9.47 Å². The number of carbonyl (C=O) groups excluding carboxylic acids is 2. The van der Waals surface area contributed by atoms with Gasteiger partial charge in [-0.1, -0.05) is 49.0 Å². The summed E-state index contributed by atoms with van der Waals surface area (Å²) in [5.74, 6) is 0.860. The van der Waals surface area contributed by atoms with Gasteiger partial charge in [-0.2, -0.15) is 0 Å². The highest BCUT2D eigenvalue weighted by Gasteiger charge is 2.15. The van der Waals surface area contributed by atoms with Gasteiger partial charge < -0.3 is 14.8 Å². The van der Waals surface area contributed by atoms with Crippen LogP contribution in [0.5, 0.6) is 5.75 Å². The number of ether oxygens (including phenoxy) is 2. The fourth-order valence-corrected chi connectivity index (χ4v) is 3.61. The zero-order valence-electron chi connectivity index (χ0n) is 18.4. The molecule has 0 unspecified atom stereocenters. The van der Waals surface area contributed by atoms with E-state index in [0.29, 0.717) is 35.4 Å². The summed E-state index contributed by atoms with van der Waals surface area (Å²) in [4.78, 5) is 24.5. The first-order valence-electron chi connectivity index (χ1n) is 10.5. The monoisotopic (exact) mass is 466 g/mol. The van der Waals surface area contributed by atoms with E-state index < -0.39 is 5.97 Å². The molecule has 1 N–H and O–H groups in total. The largest absolute Gasteiger partial charge is 0.486 e. The maximum absolute atomic E-state index is 12.5. The third-order valence-electron chi connectivity index (χ3n) is 4.37. The number of para-hydroxylation sites is 1. The Bertz CT molecular complexity index is 1090. The predicted molar refractivity (Wildman–Crippen MR) is 127 cm³/mol. The van der Waals surface area contributed by atoms with Crippen molar-refractivity contribution in [1.82, 2.24) is 14.8 Å². The first kappa shape index (κ1) is 24.1. The minimum Gasteiger partial charge on any atom is -0.486 e. The number of rotatable bonds is 12. The molecule has 0 saturated carbocycles. The van der Waals surface area contributed by atoms with Crippen molar-refractivity contribution in [2.45, 2.75) is 31.7 Å². The van der Waals surface area contributed by atoms with E-state index >= 15 is 0 Å². The lowest BCUT2D eigenvalue weighted by Crippen LogP contribution is -2.15. The van der Waals surface area contributed by atoms with E-state index in [0.717, 1.165) is 12.2 Å². The van der Waals surface area contributed by atoms with Crippen LogP contribution in [0.4, 0.5) is 5.69 Å². The van der Waals surface area contributed by atoms with Gasteiger partial charge in [-0.3, -0.25) is 9.36 Å². The van der Waals surface area contributed by atoms with Crippen LogP contribution >= 0.6 is 11.8 Å². The van der Waals surface area contributed by atoms with Crippen molar-refractivity contribution in [3.05, 3.63) is 78.6 Å². The molecular weight excluding hydrogens is 440 g/mol. The highest BCUT2D eigenvalue weighted by atomic mass is 32.2. The lowest BCUT2D eigenvalue weighted by molar-refractivity contribution is -0.113. The van der Waals surface area contributed by atoms with Crippen molar-refractivity contribution in [2.24, 2.45) is 0 Å². The van der Waals surface area contributed by atoms with Crippen molar-refractivity contribution in [3.63, 3.8) is 0 Å². The Morgan fingerprint density at radius 3 is 2.73 bits per heavy atom. The molecule has 0 aliphatic heterocycles. The molecule has 1 heterocycles. The molecule has 2 aromatic carbocycles. The smallest absolute Gasteiger partial charge is 0.338 e. The van der Waals surface area contributed by atoms with E-state index in [1.165, 1.54) is 11.8 Å². The molecule has 0 saturated heterocycles. The van der Waals surface area contributed by atoms with Gasteiger partial charge in [0, 0.05) is 12.2 Å². The van der Waals surface area contributed by atoms with Crippen LogP contribution in [0.2, 0.25) is 0 Å². The summed E-state index contributed by atoms with van der Waals surface area (Å²) in [6, 6.07) is 16.1. The Morgan fingerprint density at radius 2 is 1.97 bits per heavy atom. The SMILES string of the molecule is C=CCn1c(COc2ccccc2)nnc1SCC(=O)Nc1cccc(C(=O)OCCC)c1. The molecule has 0 atom stereocenters. The second-order valence-corrected chi connectivity index (χ2v) is 7.90. The number of hydrogen-bond donors (Lipinski definition) is 1. The highest BCUT2D eigenvalue weighted by molar-refractivity contribution is 7.99. The maximum Gasteiger partial charge on any atom is 0.338 e. The molecule has 1 amide bonds. The van der Waals surface area contributed by atoms with Crippen LogP contribution in [0.1, 0.15) is 29.5 Å². The second-order valence-electron chi connectivity index (χ2n) is 6.95. The van der Waals surface area contributed by atoms with Gasteiger partial charge in [0.25, 0.3) is 0 Å². The third kappa shape index (κ3) is 7.21. The summed E-state index contributed by atoms with van der Waals surface area (Å²) in [6.07, 6.45) is 2.48. The molecule has 0 fully saturated rings. The number of amides is 1. The van der Waals surface area contributed by atoms with E-state index in [9.17, 15) is 9.59 Å². The molecule has 8 nitrogen and oxygen atoms in total. The molecule has 0 bridgehead atoms. The summed E-state index contributed by atoms with van der Waals surface area (Å²) in [5, 5.41) is 11.8. The van der Waals surface area contributed by atoms with Crippen molar-refractivity contribution in [2.75, 3.05) is 17.7 Å². The fraction of sp³-hybridized carbons (Fsp3) is 0.250. The molecule has 3 aromatic rings. The lowest BCUT2D eigenvalue weighted by atomic mass is 10.2. The zero-order chi connectivity index (χ0) is 23.5. The van der Waals surface area contributed by atoms with Crippen LogP contribution in [0.3, 0.4) is 0 Å². The number of allylic oxidation sites excluding steroid dienone is 1. The first-order chi connectivity index (χ1) is 16.1. The number of thioether (sulfide) groups is 1. The van der Waals surface area contributed by atoms with Crippen LogP contribution < -0.4 is 10.1 Å². The first-order valence-corrected chi connectivity index (χ1v) is 11.5. The van der Waals surface area contributed by atoms with Crippen molar-refractivity contribution >= 4 is 29.3 Å². The Morgan fingerprint density at radius 1 is 1.15 bits per heavy atom. The van der Waals surface area contributed by atoms with Crippen molar-refractivity contribution < 1.29 is 19.1 Å². The van der Waals surface area contributed by atoms with E-state index in [1.54, 1.807) is 30.3 Å². The Labute approximate surface area is 197 Å². The van der Waals surface area contributed by atoms with Gasteiger partial charge in [0.2, 0.25) is 5.91 Å². The minimum absolute atomic E-state index is 0.124. The molecule has 0 spiro atoms. The molecular formula is C24H26N4O4S. The van der Waals surface area contributed by atoms with Crippen molar-refractivity contribution in [1.29, 1.82) is 0 Å². The normalized spacial score (nSPS) is 10.5. The van der Waals surface area contributed by atoms with E-state index in [1.807, 2.05) is 41.8 Å². The average molecular weight is 467 g/mol. The molecule has 0 aliphatic carbocycles. The maximum atomic E-state index is 12.5. The molecule has 33 heavy (non-hydrogen) atoms. The topological polar surface area (TPSA) is 95.3 Å². The highest BCUT2D eigenvalue weighted by Crippen LogP contribution is 2.20. The number of esters is 1. The predicted octanol–water partition coefficient (Wildman–Crippen LogP) is 4.34. The Hall–Kier alpha value is -3.59. The summed E-state index contributed by atoms with van der Waals surface area (Å²) < 4.78 is 12.8. The van der Waals surface area contributed by atoms with Crippen molar-refractivity contribution in [3.8, 4) is 5.75 Å². The number of nitrogens with one attached hydrogen (secondary N) is 1. The number of aromatic nitrogens is 3. The average Bonchev–Trinajstić information content (AvgIpc) is 3.22. The number of carbonyl (C=O) groups is 2. The minimum atomic E-state index is -0.412. The summed E-state index contributed by atoms with van der Waals surface area (Å²) >= 11 is 1.26. The van der Waals surface area contributed by atoms with Crippen LogP contribution in [0, 0.1) is 0 Å². The Balaban J connectivity index is 1.58. The molecule has 1 aromatic heterocycles.